The average molecular weight is 231 g/mol. The van der Waals surface area contributed by atoms with Crippen LogP contribution in [-0.2, 0) is 4.79 Å². The minimum Gasteiger partial charge on any atom is -0.481 e. The smallest absolute Gasteiger partial charge is 0.305 e. The molecule has 4 heteroatoms. The molecule has 1 atom stereocenters. The number of nitrogens with zero attached hydrogens (tertiary/aromatic N) is 1. The van der Waals surface area contributed by atoms with Gasteiger partial charge in [0.1, 0.15) is 0 Å². The zero-order chi connectivity index (χ0) is 11.7. The highest BCUT2D eigenvalue weighted by Crippen LogP contribution is 2.43. The zero-order valence-electron chi connectivity index (χ0n) is 10.0. The molecule has 0 aromatic carbocycles. The van der Waals surface area contributed by atoms with Gasteiger partial charge in [0.2, 0.25) is 0 Å². The maximum absolute atomic E-state index is 11.0. The Balaban J connectivity index is 2.85. The topological polar surface area (TPSA) is 40.5 Å². The van der Waals surface area contributed by atoms with E-state index in [-0.39, 0.29) is 17.4 Å². The first-order valence-electron chi connectivity index (χ1n) is 5.24. The molecule has 0 bridgehead atoms. The van der Waals surface area contributed by atoms with Gasteiger partial charge in [-0.25, -0.2) is 0 Å². The predicted molar refractivity (Wildman–Crippen MR) is 64.4 cm³/mol. The standard InChI is InChI=1S/C11H21NO2S/c1-10(2)6-11(12(3)4,5-9(13)14)8-15-7-10/h5-8H2,1-4H3,(H,13,14). The third kappa shape index (κ3) is 3.11. The third-order valence-electron chi connectivity index (χ3n) is 3.10. The maximum Gasteiger partial charge on any atom is 0.305 e. The summed E-state index contributed by atoms with van der Waals surface area (Å²) < 4.78 is 0. The lowest BCUT2D eigenvalue weighted by Crippen LogP contribution is -2.53. The molecule has 0 radical (unpaired) electrons. The molecule has 1 unspecified atom stereocenters. The van der Waals surface area contributed by atoms with Crippen molar-refractivity contribution in [1.82, 2.24) is 4.90 Å². The van der Waals surface area contributed by atoms with Crippen molar-refractivity contribution in [2.75, 3.05) is 25.6 Å². The zero-order valence-corrected chi connectivity index (χ0v) is 10.9. The van der Waals surface area contributed by atoms with E-state index in [1.165, 1.54) is 0 Å². The van der Waals surface area contributed by atoms with E-state index in [1.807, 2.05) is 25.9 Å². The van der Waals surface area contributed by atoms with Gasteiger partial charge in [0.15, 0.2) is 0 Å². The van der Waals surface area contributed by atoms with E-state index in [4.69, 9.17) is 5.11 Å². The molecule has 1 aliphatic heterocycles. The lowest BCUT2D eigenvalue weighted by atomic mass is 9.77. The highest BCUT2D eigenvalue weighted by molar-refractivity contribution is 7.99. The van der Waals surface area contributed by atoms with Crippen LogP contribution < -0.4 is 0 Å². The third-order valence-corrected chi connectivity index (χ3v) is 4.83. The van der Waals surface area contributed by atoms with Gasteiger partial charge in [-0.05, 0) is 31.7 Å². The molecule has 1 aliphatic rings. The first-order valence-corrected chi connectivity index (χ1v) is 6.40. The molecule has 0 saturated carbocycles. The summed E-state index contributed by atoms with van der Waals surface area (Å²) in [7, 11) is 3.98. The summed E-state index contributed by atoms with van der Waals surface area (Å²) in [6.07, 6.45) is 1.21. The molecule has 1 saturated heterocycles. The Morgan fingerprint density at radius 3 is 2.40 bits per heavy atom. The molecule has 1 heterocycles. The number of carboxylic acid groups (broad SMARTS) is 1. The van der Waals surface area contributed by atoms with E-state index in [2.05, 4.69) is 18.7 Å². The Bertz CT molecular complexity index is 253. The van der Waals surface area contributed by atoms with Crippen molar-refractivity contribution in [3.05, 3.63) is 0 Å². The molecule has 0 aromatic heterocycles. The minimum absolute atomic E-state index is 0.168. The number of thioether (sulfide) groups is 1. The molecule has 1 N–H and O–H groups in total. The largest absolute Gasteiger partial charge is 0.481 e. The van der Waals surface area contributed by atoms with Crippen LogP contribution in [0.5, 0.6) is 0 Å². The summed E-state index contributed by atoms with van der Waals surface area (Å²) in [6.45, 7) is 4.44. The molecule has 0 aliphatic carbocycles. The number of hydrogen-bond acceptors (Lipinski definition) is 3. The molecule has 0 spiro atoms. The van der Waals surface area contributed by atoms with E-state index in [0.717, 1.165) is 17.9 Å². The Hall–Kier alpha value is -0.220. The summed E-state index contributed by atoms with van der Waals surface area (Å²) >= 11 is 1.87. The fourth-order valence-electron chi connectivity index (χ4n) is 2.35. The second-order valence-corrected chi connectivity index (χ2v) is 6.51. The van der Waals surface area contributed by atoms with Gasteiger partial charge in [-0.1, -0.05) is 13.8 Å². The second kappa shape index (κ2) is 4.34. The van der Waals surface area contributed by atoms with E-state index in [1.54, 1.807) is 0 Å². The van der Waals surface area contributed by atoms with E-state index in [9.17, 15) is 4.79 Å². The predicted octanol–water partition coefficient (Wildman–Crippen LogP) is 1.92. The van der Waals surface area contributed by atoms with Crippen LogP contribution in [0.4, 0.5) is 0 Å². The molecule has 88 valence electrons. The Morgan fingerprint density at radius 1 is 1.40 bits per heavy atom. The van der Waals surface area contributed by atoms with Crippen molar-refractivity contribution in [2.24, 2.45) is 5.41 Å². The Morgan fingerprint density at radius 2 is 2.00 bits per heavy atom. The molecule has 1 rings (SSSR count). The molecular weight excluding hydrogens is 210 g/mol. The first-order chi connectivity index (χ1) is 6.77. The van der Waals surface area contributed by atoms with Crippen molar-refractivity contribution in [2.45, 2.75) is 32.2 Å². The quantitative estimate of drug-likeness (QED) is 0.805. The van der Waals surface area contributed by atoms with Crippen LogP contribution in [0.1, 0.15) is 26.7 Å². The van der Waals surface area contributed by atoms with Gasteiger partial charge in [0, 0.05) is 11.3 Å². The summed E-state index contributed by atoms with van der Waals surface area (Å²) in [4.78, 5) is 13.0. The maximum atomic E-state index is 11.0. The van der Waals surface area contributed by atoms with Crippen LogP contribution in [0.15, 0.2) is 0 Å². The summed E-state index contributed by atoms with van der Waals surface area (Å²) in [5, 5.41) is 9.01. The second-order valence-electron chi connectivity index (χ2n) is 5.52. The van der Waals surface area contributed by atoms with Gasteiger partial charge >= 0.3 is 5.97 Å². The van der Waals surface area contributed by atoms with E-state index < -0.39 is 5.97 Å². The van der Waals surface area contributed by atoms with Crippen LogP contribution in [0.3, 0.4) is 0 Å². The van der Waals surface area contributed by atoms with Gasteiger partial charge in [-0.15, -0.1) is 0 Å². The summed E-state index contributed by atoms with van der Waals surface area (Å²) in [6, 6.07) is 0. The minimum atomic E-state index is -0.693. The van der Waals surface area contributed by atoms with Gasteiger partial charge in [0.05, 0.1) is 6.42 Å². The van der Waals surface area contributed by atoms with Crippen LogP contribution >= 0.6 is 11.8 Å². The SMILES string of the molecule is CN(C)C1(CC(=O)O)CSCC(C)(C)C1. The molecule has 15 heavy (non-hydrogen) atoms. The molecule has 1 fully saturated rings. The fourth-order valence-corrected chi connectivity index (χ4v) is 3.95. The van der Waals surface area contributed by atoms with Crippen molar-refractivity contribution in [3.8, 4) is 0 Å². The van der Waals surface area contributed by atoms with Crippen LogP contribution in [-0.4, -0.2) is 47.1 Å². The Labute approximate surface area is 96.2 Å². The van der Waals surface area contributed by atoms with Gasteiger partial charge < -0.3 is 10.0 Å². The number of hydrogen-bond donors (Lipinski definition) is 1. The lowest BCUT2D eigenvalue weighted by molar-refractivity contribution is -0.140. The molecular formula is C11H21NO2S. The monoisotopic (exact) mass is 231 g/mol. The van der Waals surface area contributed by atoms with Crippen LogP contribution in [0.25, 0.3) is 0 Å². The lowest BCUT2D eigenvalue weighted by Gasteiger charge is -2.47. The Kier molecular flexibility index (Phi) is 3.71. The van der Waals surface area contributed by atoms with Gasteiger partial charge in [-0.2, -0.15) is 11.8 Å². The van der Waals surface area contributed by atoms with Crippen LogP contribution in [0, 0.1) is 5.41 Å². The van der Waals surface area contributed by atoms with Crippen molar-refractivity contribution < 1.29 is 9.90 Å². The molecule has 3 nitrogen and oxygen atoms in total. The average Bonchev–Trinajstić information content (AvgIpc) is 1.99. The van der Waals surface area contributed by atoms with Gasteiger partial charge in [-0.3, -0.25) is 4.79 Å². The summed E-state index contributed by atoms with van der Waals surface area (Å²) in [5.41, 5.74) is 0.0703. The normalized spacial score (nSPS) is 30.5. The highest BCUT2D eigenvalue weighted by atomic mass is 32.2. The molecule has 0 amide bonds. The first kappa shape index (κ1) is 12.8. The number of aliphatic carboxylic acids is 1. The van der Waals surface area contributed by atoms with Crippen molar-refractivity contribution in [1.29, 1.82) is 0 Å². The highest BCUT2D eigenvalue weighted by Gasteiger charge is 2.43. The number of carbonyl (C=O) groups is 1. The molecule has 0 aromatic rings. The fraction of sp³-hybridized carbons (Fsp3) is 0.909. The van der Waals surface area contributed by atoms with Crippen molar-refractivity contribution in [3.63, 3.8) is 0 Å². The van der Waals surface area contributed by atoms with Gasteiger partial charge in [0.25, 0.3) is 0 Å². The number of rotatable bonds is 3. The van der Waals surface area contributed by atoms with E-state index in [0.29, 0.717) is 0 Å². The van der Waals surface area contributed by atoms with Crippen LogP contribution in [0.2, 0.25) is 0 Å². The van der Waals surface area contributed by atoms with E-state index >= 15 is 0 Å². The summed E-state index contributed by atoms with van der Waals surface area (Å²) in [5.74, 6) is 1.36. The number of carboxylic acids is 1. The van der Waals surface area contributed by atoms with Crippen molar-refractivity contribution >= 4 is 17.7 Å².